The Balaban J connectivity index is 1.70. The van der Waals surface area contributed by atoms with Crippen molar-refractivity contribution in [1.82, 2.24) is 15.0 Å². The van der Waals surface area contributed by atoms with Crippen molar-refractivity contribution in [3.8, 4) is 0 Å². The summed E-state index contributed by atoms with van der Waals surface area (Å²) < 4.78 is 0. The Morgan fingerprint density at radius 3 is 2.46 bits per heavy atom. The lowest BCUT2D eigenvalue weighted by molar-refractivity contribution is -0.908. The van der Waals surface area contributed by atoms with Crippen molar-refractivity contribution in [3.05, 3.63) is 70.5 Å². The van der Waals surface area contributed by atoms with Gasteiger partial charge in [0, 0.05) is 16.3 Å². The molecule has 134 valence electrons. The monoisotopic (exact) mass is 369 g/mol. The summed E-state index contributed by atoms with van der Waals surface area (Å²) in [5.74, 6) is 1.33. The number of nitrogens with two attached hydrogens (primary N) is 1. The second kappa shape index (κ2) is 8.12. The molecule has 26 heavy (non-hydrogen) atoms. The van der Waals surface area contributed by atoms with Crippen LogP contribution in [0.5, 0.6) is 0 Å². The van der Waals surface area contributed by atoms with Crippen molar-refractivity contribution in [2.75, 3.05) is 18.1 Å². The highest BCUT2D eigenvalue weighted by atomic mass is 35.5. The molecule has 0 aliphatic rings. The number of hydrogen-bond acceptors (Lipinski definition) is 5. The van der Waals surface area contributed by atoms with Crippen LogP contribution in [0.4, 0.5) is 17.6 Å². The molecule has 1 unspecified atom stereocenters. The first-order chi connectivity index (χ1) is 12.5. The Bertz CT molecular complexity index is 881. The minimum Gasteiger partial charge on any atom is -0.368 e. The highest BCUT2D eigenvalue weighted by Crippen LogP contribution is 2.17. The summed E-state index contributed by atoms with van der Waals surface area (Å²) >= 11 is 5.94. The second-order valence-electron chi connectivity index (χ2n) is 6.31. The molecule has 0 saturated heterocycles. The number of nitrogens with zero attached hydrogens (tertiary/aromatic N) is 3. The fourth-order valence-electron chi connectivity index (χ4n) is 2.69. The molecule has 0 spiro atoms. The third-order valence-electron chi connectivity index (χ3n) is 3.97. The number of aryl methyl sites for hydroxylation is 1. The largest absolute Gasteiger partial charge is 0.368 e. The van der Waals surface area contributed by atoms with Gasteiger partial charge >= 0.3 is 0 Å². The Hall–Kier alpha value is -2.70. The van der Waals surface area contributed by atoms with Gasteiger partial charge in [-0.05, 0) is 30.7 Å². The zero-order chi connectivity index (χ0) is 18.5. The summed E-state index contributed by atoms with van der Waals surface area (Å²) in [4.78, 5) is 14.2. The third-order valence-corrected chi connectivity index (χ3v) is 4.22. The lowest BCUT2D eigenvalue weighted by Crippen LogP contribution is -3.06. The van der Waals surface area contributed by atoms with E-state index in [1.165, 1.54) is 10.5 Å². The Labute approximate surface area is 158 Å². The molecule has 0 fully saturated rings. The van der Waals surface area contributed by atoms with Crippen LogP contribution in [0.25, 0.3) is 0 Å². The van der Waals surface area contributed by atoms with Gasteiger partial charge in [-0.2, -0.15) is 15.0 Å². The Morgan fingerprint density at radius 2 is 1.73 bits per heavy atom. The number of halogens is 1. The first-order valence-electron chi connectivity index (χ1n) is 8.38. The summed E-state index contributed by atoms with van der Waals surface area (Å²) in [5.41, 5.74) is 9.13. The topological polar surface area (TPSA) is 81.2 Å². The van der Waals surface area contributed by atoms with Crippen LogP contribution in [0.1, 0.15) is 17.0 Å². The van der Waals surface area contributed by atoms with Gasteiger partial charge in [0.1, 0.15) is 13.1 Å². The predicted molar refractivity (Wildman–Crippen MR) is 104 cm³/mol. The maximum absolute atomic E-state index is 5.94. The van der Waals surface area contributed by atoms with E-state index in [0.29, 0.717) is 18.3 Å². The van der Waals surface area contributed by atoms with Crippen molar-refractivity contribution in [1.29, 1.82) is 0 Å². The van der Waals surface area contributed by atoms with E-state index in [1.807, 2.05) is 55.5 Å². The van der Waals surface area contributed by atoms with Crippen molar-refractivity contribution in [2.45, 2.75) is 20.0 Å². The van der Waals surface area contributed by atoms with Crippen LogP contribution in [0.15, 0.2) is 48.5 Å². The molecular weight excluding hydrogens is 348 g/mol. The van der Waals surface area contributed by atoms with E-state index >= 15 is 0 Å². The van der Waals surface area contributed by atoms with Gasteiger partial charge in [0.05, 0.1) is 7.05 Å². The SMILES string of the molecule is Cc1ccccc1Nc1nc(N)nc(C[NH+](C)Cc2ccc(Cl)cc2)n1. The maximum Gasteiger partial charge on any atom is 0.232 e. The maximum atomic E-state index is 5.94. The normalized spacial score (nSPS) is 12.0. The molecule has 0 aliphatic carbocycles. The Kier molecular flexibility index (Phi) is 5.65. The number of quaternary nitrogens is 1. The molecule has 2 aromatic carbocycles. The highest BCUT2D eigenvalue weighted by Gasteiger charge is 2.11. The molecular formula is C19H22ClN6+. The van der Waals surface area contributed by atoms with Crippen LogP contribution in [0, 0.1) is 6.92 Å². The fraction of sp³-hybridized carbons (Fsp3) is 0.211. The summed E-state index contributed by atoms with van der Waals surface area (Å²) in [7, 11) is 2.09. The molecule has 0 amide bonds. The van der Waals surface area contributed by atoms with Crippen LogP contribution in [-0.2, 0) is 13.1 Å². The number of nitrogens with one attached hydrogen (secondary N) is 2. The number of nitrogen functional groups attached to an aromatic ring is 1. The van der Waals surface area contributed by atoms with Crippen LogP contribution in [-0.4, -0.2) is 22.0 Å². The first-order valence-corrected chi connectivity index (χ1v) is 8.76. The summed E-state index contributed by atoms with van der Waals surface area (Å²) in [5, 5.41) is 3.96. The van der Waals surface area contributed by atoms with Crippen molar-refractivity contribution >= 4 is 29.2 Å². The summed E-state index contributed by atoms with van der Waals surface area (Å²) in [6.07, 6.45) is 0. The van der Waals surface area contributed by atoms with E-state index in [2.05, 4.69) is 27.3 Å². The van der Waals surface area contributed by atoms with E-state index < -0.39 is 0 Å². The van der Waals surface area contributed by atoms with Crippen molar-refractivity contribution in [2.24, 2.45) is 0 Å². The van der Waals surface area contributed by atoms with E-state index in [1.54, 1.807) is 0 Å². The molecule has 0 saturated carbocycles. The van der Waals surface area contributed by atoms with E-state index in [-0.39, 0.29) is 5.95 Å². The number of rotatable bonds is 6. The lowest BCUT2D eigenvalue weighted by Gasteiger charge is -2.14. The zero-order valence-corrected chi connectivity index (χ0v) is 15.6. The molecule has 0 aliphatic heterocycles. The van der Waals surface area contributed by atoms with Gasteiger partial charge in [-0.1, -0.05) is 41.9 Å². The first kappa shape index (κ1) is 18.1. The molecule has 3 aromatic rings. The lowest BCUT2D eigenvalue weighted by atomic mass is 10.2. The van der Waals surface area contributed by atoms with Crippen molar-refractivity contribution in [3.63, 3.8) is 0 Å². The summed E-state index contributed by atoms with van der Waals surface area (Å²) in [6, 6.07) is 15.8. The van der Waals surface area contributed by atoms with E-state index in [4.69, 9.17) is 17.3 Å². The quantitative estimate of drug-likeness (QED) is 0.621. The molecule has 1 aromatic heterocycles. The van der Waals surface area contributed by atoms with Crippen LogP contribution >= 0.6 is 11.6 Å². The third kappa shape index (κ3) is 4.91. The number of para-hydroxylation sites is 1. The van der Waals surface area contributed by atoms with E-state index in [9.17, 15) is 0 Å². The molecule has 4 N–H and O–H groups in total. The smallest absolute Gasteiger partial charge is 0.232 e. The molecule has 3 rings (SSSR count). The number of aromatic nitrogens is 3. The van der Waals surface area contributed by atoms with Crippen LogP contribution in [0.2, 0.25) is 5.02 Å². The second-order valence-corrected chi connectivity index (χ2v) is 6.75. The molecule has 7 heteroatoms. The predicted octanol–water partition coefficient (Wildman–Crippen LogP) is 2.37. The molecule has 0 radical (unpaired) electrons. The average molecular weight is 370 g/mol. The van der Waals surface area contributed by atoms with Gasteiger partial charge in [0.25, 0.3) is 0 Å². The minimum atomic E-state index is 0.213. The summed E-state index contributed by atoms with van der Waals surface area (Å²) in [6.45, 7) is 3.50. The van der Waals surface area contributed by atoms with Crippen LogP contribution in [0.3, 0.4) is 0 Å². The van der Waals surface area contributed by atoms with Gasteiger partial charge in [-0.3, -0.25) is 0 Å². The zero-order valence-electron chi connectivity index (χ0n) is 14.8. The number of hydrogen-bond donors (Lipinski definition) is 3. The standard InChI is InChI=1S/C19H21ClN6/c1-13-5-3-4-6-16(13)22-19-24-17(23-18(21)25-19)12-26(2)11-14-7-9-15(20)10-8-14/h3-10H,11-12H2,1-2H3,(H3,21,22,23,24,25)/p+1. The van der Waals surface area contributed by atoms with E-state index in [0.717, 1.165) is 22.8 Å². The average Bonchev–Trinajstić information content (AvgIpc) is 2.58. The van der Waals surface area contributed by atoms with Gasteiger partial charge in [-0.25, -0.2) is 0 Å². The van der Waals surface area contributed by atoms with Crippen molar-refractivity contribution < 1.29 is 4.90 Å². The molecule has 0 bridgehead atoms. The molecule has 1 atom stereocenters. The van der Waals surface area contributed by atoms with Gasteiger partial charge < -0.3 is 16.0 Å². The fourth-order valence-corrected chi connectivity index (χ4v) is 2.82. The van der Waals surface area contributed by atoms with Gasteiger partial charge in [0.2, 0.25) is 11.9 Å². The molecule has 6 nitrogen and oxygen atoms in total. The number of benzene rings is 2. The minimum absolute atomic E-state index is 0.213. The van der Waals surface area contributed by atoms with Gasteiger partial charge in [0.15, 0.2) is 5.82 Å². The van der Waals surface area contributed by atoms with Gasteiger partial charge in [-0.15, -0.1) is 0 Å². The van der Waals surface area contributed by atoms with Crippen LogP contribution < -0.4 is 16.0 Å². The number of anilines is 3. The Morgan fingerprint density at radius 1 is 1.00 bits per heavy atom. The molecule has 1 heterocycles. The highest BCUT2D eigenvalue weighted by molar-refractivity contribution is 6.30.